The predicted octanol–water partition coefficient (Wildman–Crippen LogP) is 2.40. The van der Waals surface area contributed by atoms with Crippen LogP contribution in [0, 0.1) is 0 Å². The fourth-order valence-corrected chi connectivity index (χ4v) is 3.88. The maximum atomic E-state index is 5.52. The fourth-order valence-electron chi connectivity index (χ4n) is 2.74. The Morgan fingerprint density at radius 1 is 1.36 bits per heavy atom. The van der Waals surface area contributed by atoms with Gasteiger partial charge in [-0.25, -0.2) is 4.98 Å². The van der Waals surface area contributed by atoms with Crippen LogP contribution in [0.15, 0.2) is 26.2 Å². The van der Waals surface area contributed by atoms with Gasteiger partial charge in [0.1, 0.15) is 11.6 Å². The van der Waals surface area contributed by atoms with Gasteiger partial charge in [0.2, 0.25) is 5.13 Å². The summed E-state index contributed by atoms with van der Waals surface area (Å²) in [4.78, 5) is 13.6. The lowest BCUT2D eigenvalue weighted by molar-refractivity contribution is 0.372. The van der Waals surface area contributed by atoms with Crippen molar-refractivity contribution in [3.05, 3.63) is 28.4 Å². The Bertz CT molecular complexity index is 707. The Labute approximate surface area is 160 Å². The van der Waals surface area contributed by atoms with E-state index in [9.17, 15) is 0 Å². The lowest BCUT2D eigenvalue weighted by Crippen LogP contribution is -2.52. The van der Waals surface area contributed by atoms with Gasteiger partial charge in [0.15, 0.2) is 10.6 Å². The van der Waals surface area contributed by atoms with Gasteiger partial charge in [0.05, 0.1) is 0 Å². The Balaban J connectivity index is 1.46. The summed E-state index contributed by atoms with van der Waals surface area (Å²) < 4.78 is 10.7. The maximum Gasteiger partial charge on any atom is 0.205 e. The first-order chi connectivity index (χ1) is 12.2. The molecule has 136 valence electrons. The third kappa shape index (κ3) is 4.72. The van der Waals surface area contributed by atoms with Crippen molar-refractivity contribution in [1.82, 2.24) is 19.6 Å². The lowest BCUT2D eigenvalue weighted by Gasteiger charge is -2.36. The van der Waals surface area contributed by atoms with Crippen LogP contribution in [-0.2, 0) is 12.8 Å². The van der Waals surface area contributed by atoms with E-state index in [1.54, 1.807) is 0 Å². The molecule has 0 unspecified atom stereocenters. The highest BCUT2D eigenvalue weighted by atomic mass is 79.9. The Hall–Kier alpha value is -1.61. The molecule has 0 atom stereocenters. The zero-order chi connectivity index (χ0) is 17.6. The summed E-state index contributed by atoms with van der Waals surface area (Å²) in [5, 5.41) is 4.45. The zero-order valence-electron chi connectivity index (χ0n) is 14.5. The minimum absolute atomic E-state index is 0.769. The molecule has 0 aromatic carbocycles. The number of aryl methyl sites for hydroxylation is 1. The largest absolute Gasteiger partial charge is 0.454 e. The molecule has 9 heteroatoms. The molecule has 1 fully saturated rings. The molecule has 0 bridgehead atoms. The number of anilines is 1. The molecule has 0 radical (unpaired) electrons. The summed E-state index contributed by atoms with van der Waals surface area (Å²) in [5.41, 5.74) is 0. The molecule has 0 aliphatic carbocycles. The summed E-state index contributed by atoms with van der Waals surface area (Å²) in [5.74, 6) is 2.84. The summed E-state index contributed by atoms with van der Waals surface area (Å²) in [6.07, 6.45) is 1.72. The van der Waals surface area contributed by atoms with Gasteiger partial charge in [-0.3, -0.25) is 4.99 Å². The van der Waals surface area contributed by atoms with Crippen LogP contribution >= 0.6 is 27.5 Å². The normalized spacial score (nSPS) is 15.7. The fraction of sp³-hybridized carbons (Fsp3) is 0.562. The van der Waals surface area contributed by atoms with Crippen molar-refractivity contribution in [3.63, 3.8) is 0 Å². The molecule has 7 nitrogen and oxygen atoms in total. The third-order valence-corrected chi connectivity index (χ3v) is 5.36. The van der Waals surface area contributed by atoms with Crippen LogP contribution in [0.4, 0.5) is 5.13 Å². The Morgan fingerprint density at radius 3 is 2.76 bits per heavy atom. The summed E-state index contributed by atoms with van der Waals surface area (Å²) >= 11 is 4.82. The van der Waals surface area contributed by atoms with Crippen LogP contribution in [-0.4, -0.2) is 60.0 Å². The molecule has 0 amide bonds. The Morgan fingerprint density at radius 2 is 2.16 bits per heavy atom. The summed E-state index contributed by atoms with van der Waals surface area (Å²) in [6, 6.07) is 3.90. The van der Waals surface area contributed by atoms with E-state index in [-0.39, 0.29) is 0 Å². The highest BCUT2D eigenvalue weighted by Crippen LogP contribution is 2.19. The molecule has 1 aliphatic rings. The number of aliphatic imine (C=N–C) groups is 1. The number of nitrogens with zero attached hydrogens (tertiary/aromatic N) is 5. The van der Waals surface area contributed by atoms with Gasteiger partial charge >= 0.3 is 0 Å². The van der Waals surface area contributed by atoms with Gasteiger partial charge in [-0.15, -0.1) is 0 Å². The van der Waals surface area contributed by atoms with E-state index in [0.717, 1.165) is 72.9 Å². The van der Waals surface area contributed by atoms with Crippen LogP contribution in [0.3, 0.4) is 0 Å². The molecule has 0 saturated carbocycles. The zero-order valence-corrected chi connectivity index (χ0v) is 16.9. The SMILES string of the molecule is CCc1nsc(N2CCN(C(=NC)NCCc3ccc(Br)o3)CC2)n1. The molecule has 0 spiro atoms. The van der Waals surface area contributed by atoms with Crippen molar-refractivity contribution < 1.29 is 4.42 Å². The van der Waals surface area contributed by atoms with Crippen LogP contribution in [0.5, 0.6) is 0 Å². The highest BCUT2D eigenvalue weighted by molar-refractivity contribution is 9.10. The van der Waals surface area contributed by atoms with E-state index in [4.69, 9.17) is 4.42 Å². The van der Waals surface area contributed by atoms with Crippen molar-refractivity contribution in [1.29, 1.82) is 0 Å². The standard InChI is InChI=1S/C16H23BrN6OS/c1-3-14-20-16(25-21-14)23-10-8-22(9-11-23)15(18-2)19-7-6-12-4-5-13(17)24-12/h4-5H,3,6-11H2,1-2H3,(H,18,19). The van der Waals surface area contributed by atoms with E-state index in [1.165, 1.54) is 11.5 Å². The smallest absolute Gasteiger partial charge is 0.205 e. The predicted molar refractivity (Wildman–Crippen MR) is 105 cm³/mol. The van der Waals surface area contributed by atoms with Crippen molar-refractivity contribution in [2.24, 2.45) is 4.99 Å². The van der Waals surface area contributed by atoms with E-state index < -0.39 is 0 Å². The molecule has 1 aliphatic heterocycles. The van der Waals surface area contributed by atoms with Crippen LogP contribution in [0.2, 0.25) is 0 Å². The average Bonchev–Trinajstić information content (AvgIpc) is 3.28. The number of rotatable bonds is 5. The van der Waals surface area contributed by atoms with Crippen LogP contribution in [0.1, 0.15) is 18.5 Å². The first-order valence-corrected chi connectivity index (χ1v) is 10.0. The maximum absolute atomic E-state index is 5.52. The molecule has 1 saturated heterocycles. The van der Waals surface area contributed by atoms with E-state index in [2.05, 4.69) is 52.3 Å². The van der Waals surface area contributed by atoms with Crippen molar-refractivity contribution in [2.75, 3.05) is 44.7 Å². The second kappa shape index (κ2) is 8.66. The molecule has 2 aromatic rings. The first kappa shape index (κ1) is 18.2. The van der Waals surface area contributed by atoms with E-state index in [1.807, 2.05) is 19.2 Å². The van der Waals surface area contributed by atoms with Gasteiger partial charge in [0, 0.05) is 64.1 Å². The molecule has 25 heavy (non-hydrogen) atoms. The average molecular weight is 427 g/mol. The van der Waals surface area contributed by atoms with E-state index in [0.29, 0.717) is 0 Å². The second-order valence-corrected chi connectivity index (χ2v) is 7.26. The quantitative estimate of drug-likeness (QED) is 0.584. The number of piperazine rings is 1. The van der Waals surface area contributed by atoms with Gasteiger partial charge < -0.3 is 19.5 Å². The highest BCUT2D eigenvalue weighted by Gasteiger charge is 2.21. The monoisotopic (exact) mass is 426 g/mol. The number of hydrogen-bond acceptors (Lipinski definition) is 6. The van der Waals surface area contributed by atoms with Gasteiger partial charge in [-0.05, 0) is 28.1 Å². The number of furan rings is 1. The number of guanidine groups is 1. The first-order valence-electron chi connectivity index (χ1n) is 8.47. The molecule has 2 aromatic heterocycles. The molecular weight excluding hydrogens is 404 g/mol. The summed E-state index contributed by atoms with van der Waals surface area (Å²) in [7, 11) is 1.83. The molecule has 1 N–H and O–H groups in total. The van der Waals surface area contributed by atoms with Crippen molar-refractivity contribution in [2.45, 2.75) is 19.8 Å². The molecule has 3 heterocycles. The van der Waals surface area contributed by atoms with Crippen molar-refractivity contribution >= 4 is 38.6 Å². The third-order valence-electron chi connectivity index (χ3n) is 4.12. The summed E-state index contributed by atoms with van der Waals surface area (Å²) in [6.45, 7) is 6.60. The van der Waals surface area contributed by atoms with Crippen molar-refractivity contribution in [3.8, 4) is 0 Å². The van der Waals surface area contributed by atoms with Gasteiger partial charge in [0.25, 0.3) is 0 Å². The number of hydrogen-bond donors (Lipinski definition) is 1. The van der Waals surface area contributed by atoms with Gasteiger partial charge in [-0.1, -0.05) is 6.92 Å². The van der Waals surface area contributed by atoms with E-state index >= 15 is 0 Å². The number of halogens is 1. The molecule has 3 rings (SSSR count). The number of nitrogens with one attached hydrogen (secondary N) is 1. The lowest BCUT2D eigenvalue weighted by atomic mass is 10.3. The Kier molecular flexibility index (Phi) is 6.30. The molecular formula is C16H23BrN6OS. The minimum Gasteiger partial charge on any atom is -0.454 e. The van der Waals surface area contributed by atoms with Crippen LogP contribution < -0.4 is 10.2 Å². The second-order valence-electron chi connectivity index (χ2n) is 5.75. The van der Waals surface area contributed by atoms with Gasteiger partial charge in [-0.2, -0.15) is 4.37 Å². The topological polar surface area (TPSA) is 69.8 Å². The van der Waals surface area contributed by atoms with Crippen LogP contribution in [0.25, 0.3) is 0 Å². The minimum atomic E-state index is 0.769. The number of aromatic nitrogens is 2.